The molecule has 1 heteroatoms. The van der Waals surface area contributed by atoms with Crippen LogP contribution in [0, 0.1) is 0 Å². The summed E-state index contributed by atoms with van der Waals surface area (Å²) in [5.74, 6) is 0.232. The van der Waals surface area contributed by atoms with Crippen LogP contribution in [0.2, 0.25) is 0 Å². The largest absolute Gasteiger partial charge is 0.508 e. The molecule has 2 aromatic carbocycles. The zero-order valence-electron chi connectivity index (χ0n) is 10.6. The molecule has 2 rings (SSSR count). The van der Waals surface area contributed by atoms with Gasteiger partial charge in [-0.2, -0.15) is 0 Å². The molecule has 0 aliphatic rings. The van der Waals surface area contributed by atoms with Gasteiger partial charge in [0, 0.05) is 0 Å². The second-order valence-corrected chi connectivity index (χ2v) is 4.11. The van der Waals surface area contributed by atoms with Crippen molar-refractivity contribution in [1.29, 1.82) is 0 Å². The third-order valence-corrected chi connectivity index (χ3v) is 2.60. The van der Waals surface area contributed by atoms with Crippen LogP contribution in [-0.2, 0) is 0 Å². The topological polar surface area (TPSA) is 20.2 Å². The molecule has 2 aromatic rings. The van der Waals surface area contributed by atoms with Crippen molar-refractivity contribution in [2.75, 3.05) is 0 Å². The van der Waals surface area contributed by atoms with Gasteiger partial charge in [-0.25, -0.2) is 0 Å². The number of aliphatic hydroxyl groups excluding tert-OH is 1. The minimum absolute atomic E-state index is 0.232. The first-order chi connectivity index (χ1) is 9.34. The first-order valence-corrected chi connectivity index (χ1v) is 6.20. The van der Waals surface area contributed by atoms with Crippen LogP contribution in [0.1, 0.15) is 11.1 Å². The summed E-state index contributed by atoms with van der Waals surface area (Å²) in [6, 6.07) is 19.9. The fourth-order valence-electron chi connectivity index (χ4n) is 1.62. The highest BCUT2D eigenvalue weighted by Crippen LogP contribution is 2.05. The van der Waals surface area contributed by atoms with E-state index < -0.39 is 0 Å². The first-order valence-electron chi connectivity index (χ1n) is 6.20. The summed E-state index contributed by atoms with van der Waals surface area (Å²) in [5, 5.41) is 9.71. The molecule has 0 unspecified atom stereocenters. The van der Waals surface area contributed by atoms with Gasteiger partial charge in [-0.1, -0.05) is 78.9 Å². The molecule has 0 aliphatic carbocycles. The van der Waals surface area contributed by atoms with Crippen molar-refractivity contribution in [3.8, 4) is 0 Å². The summed E-state index contributed by atoms with van der Waals surface area (Å²) in [4.78, 5) is 0. The molecule has 0 bridgehead atoms. The SMILES string of the molecule is OC(C=Cc1ccccc1)=CC=Cc1ccccc1. The standard InChI is InChI=1S/C18H16O/c19-18(15-14-17-10-5-2-6-11-17)13-7-12-16-8-3-1-4-9-16/h1-15,19H. The van der Waals surface area contributed by atoms with Crippen molar-refractivity contribution in [2.45, 2.75) is 0 Å². The molecular weight excluding hydrogens is 232 g/mol. The molecule has 0 radical (unpaired) electrons. The maximum atomic E-state index is 9.71. The molecule has 19 heavy (non-hydrogen) atoms. The minimum Gasteiger partial charge on any atom is -0.508 e. The number of hydrogen-bond donors (Lipinski definition) is 1. The molecule has 1 N–H and O–H groups in total. The van der Waals surface area contributed by atoms with Crippen LogP contribution in [0.25, 0.3) is 12.2 Å². The van der Waals surface area contributed by atoms with E-state index in [1.54, 1.807) is 12.2 Å². The summed E-state index contributed by atoms with van der Waals surface area (Å²) in [6.07, 6.45) is 9.02. The highest BCUT2D eigenvalue weighted by atomic mass is 16.3. The molecule has 0 spiro atoms. The molecular formula is C18H16O. The number of benzene rings is 2. The molecule has 0 heterocycles. The summed E-state index contributed by atoms with van der Waals surface area (Å²) >= 11 is 0. The van der Waals surface area contributed by atoms with Crippen LogP contribution in [0.4, 0.5) is 0 Å². The Morgan fingerprint density at radius 3 is 1.84 bits per heavy atom. The molecule has 1 nitrogen and oxygen atoms in total. The van der Waals surface area contributed by atoms with Gasteiger partial charge in [0.2, 0.25) is 0 Å². The Morgan fingerprint density at radius 1 is 0.737 bits per heavy atom. The van der Waals surface area contributed by atoms with Crippen molar-refractivity contribution in [3.05, 3.63) is 95.8 Å². The third-order valence-electron chi connectivity index (χ3n) is 2.60. The average Bonchev–Trinajstić information content (AvgIpc) is 2.47. The molecule has 0 atom stereocenters. The smallest absolute Gasteiger partial charge is 0.115 e. The molecule has 0 fully saturated rings. The van der Waals surface area contributed by atoms with Crippen LogP contribution in [-0.4, -0.2) is 5.11 Å². The maximum Gasteiger partial charge on any atom is 0.115 e. The molecule has 0 amide bonds. The number of aliphatic hydroxyl groups is 1. The predicted molar refractivity (Wildman–Crippen MR) is 81.7 cm³/mol. The Bertz CT molecular complexity index is 578. The van der Waals surface area contributed by atoms with E-state index in [1.165, 1.54) is 0 Å². The number of rotatable bonds is 4. The lowest BCUT2D eigenvalue weighted by atomic mass is 10.2. The zero-order valence-corrected chi connectivity index (χ0v) is 10.6. The van der Waals surface area contributed by atoms with Gasteiger partial charge in [0.1, 0.15) is 5.76 Å². The zero-order chi connectivity index (χ0) is 13.3. The second-order valence-electron chi connectivity index (χ2n) is 4.11. The first kappa shape index (κ1) is 12.9. The van der Waals surface area contributed by atoms with E-state index in [0.717, 1.165) is 11.1 Å². The van der Waals surface area contributed by atoms with Crippen LogP contribution in [0.15, 0.2) is 84.7 Å². The fourth-order valence-corrected chi connectivity index (χ4v) is 1.62. The van der Waals surface area contributed by atoms with E-state index in [0.29, 0.717) is 0 Å². The van der Waals surface area contributed by atoms with E-state index in [1.807, 2.05) is 78.9 Å². The monoisotopic (exact) mass is 248 g/mol. The molecule has 94 valence electrons. The van der Waals surface area contributed by atoms with E-state index in [2.05, 4.69) is 0 Å². The van der Waals surface area contributed by atoms with E-state index >= 15 is 0 Å². The Hall–Kier alpha value is -2.54. The number of hydrogen-bond acceptors (Lipinski definition) is 1. The Balaban J connectivity index is 1.97. The van der Waals surface area contributed by atoms with E-state index in [-0.39, 0.29) is 5.76 Å². The molecule has 0 saturated heterocycles. The minimum atomic E-state index is 0.232. The average molecular weight is 248 g/mol. The Labute approximate surface area is 113 Å². The van der Waals surface area contributed by atoms with Crippen molar-refractivity contribution in [3.63, 3.8) is 0 Å². The van der Waals surface area contributed by atoms with Gasteiger partial charge >= 0.3 is 0 Å². The van der Waals surface area contributed by atoms with Gasteiger partial charge in [-0.3, -0.25) is 0 Å². The highest BCUT2D eigenvalue weighted by molar-refractivity contribution is 5.54. The predicted octanol–water partition coefficient (Wildman–Crippen LogP) is 4.86. The van der Waals surface area contributed by atoms with E-state index in [9.17, 15) is 5.11 Å². The van der Waals surface area contributed by atoms with Gasteiger partial charge in [-0.05, 0) is 23.3 Å². The van der Waals surface area contributed by atoms with Gasteiger partial charge in [0.15, 0.2) is 0 Å². The lowest BCUT2D eigenvalue weighted by Crippen LogP contribution is -1.74. The summed E-state index contributed by atoms with van der Waals surface area (Å²) in [5.41, 5.74) is 2.17. The third kappa shape index (κ3) is 4.68. The van der Waals surface area contributed by atoms with Gasteiger partial charge in [0.05, 0.1) is 0 Å². The summed E-state index contributed by atoms with van der Waals surface area (Å²) in [7, 11) is 0. The van der Waals surface area contributed by atoms with Crippen molar-refractivity contribution in [2.24, 2.45) is 0 Å². The fraction of sp³-hybridized carbons (Fsp3) is 0. The summed E-state index contributed by atoms with van der Waals surface area (Å²) in [6.45, 7) is 0. The lowest BCUT2D eigenvalue weighted by molar-refractivity contribution is 0.433. The quantitative estimate of drug-likeness (QED) is 0.605. The normalized spacial score (nSPS) is 12.3. The van der Waals surface area contributed by atoms with Crippen LogP contribution >= 0.6 is 0 Å². The van der Waals surface area contributed by atoms with Gasteiger partial charge in [-0.15, -0.1) is 0 Å². The number of allylic oxidation sites excluding steroid dienone is 3. The highest BCUT2D eigenvalue weighted by Gasteiger charge is 1.86. The van der Waals surface area contributed by atoms with Crippen LogP contribution in [0.5, 0.6) is 0 Å². The van der Waals surface area contributed by atoms with Crippen molar-refractivity contribution < 1.29 is 5.11 Å². The Morgan fingerprint density at radius 2 is 1.26 bits per heavy atom. The van der Waals surface area contributed by atoms with Gasteiger partial charge in [0.25, 0.3) is 0 Å². The van der Waals surface area contributed by atoms with Crippen molar-refractivity contribution >= 4 is 12.2 Å². The summed E-state index contributed by atoms with van der Waals surface area (Å²) < 4.78 is 0. The molecule has 0 aliphatic heterocycles. The second kappa shape index (κ2) is 7.02. The molecule has 0 aromatic heterocycles. The van der Waals surface area contributed by atoms with Crippen LogP contribution < -0.4 is 0 Å². The van der Waals surface area contributed by atoms with Crippen LogP contribution in [0.3, 0.4) is 0 Å². The lowest BCUT2D eigenvalue weighted by Gasteiger charge is -1.92. The van der Waals surface area contributed by atoms with Gasteiger partial charge < -0.3 is 5.11 Å². The Kier molecular flexibility index (Phi) is 4.77. The van der Waals surface area contributed by atoms with Crippen molar-refractivity contribution in [1.82, 2.24) is 0 Å². The maximum absolute atomic E-state index is 9.71. The molecule has 0 saturated carbocycles. The van der Waals surface area contributed by atoms with E-state index in [4.69, 9.17) is 0 Å².